The summed E-state index contributed by atoms with van der Waals surface area (Å²) in [4.78, 5) is 0. The Balaban J connectivity index is 2.02. The van der Waals surface area contributed by atoms with E-state index in [9.17, 15) is 16.8 Å². The van der Waals surface area contributed by atoms with Crippen molar-refractivity contribution in [1.29, 1.82) is 0 Å². The third-order valence-corrected chi connectivity index (χ3v) is 7.10. The van der Waals surface area contributed by atoms with E-state index in [-0.39, 0.29) is 11.5 Å². The molecule has 0 aliphatic carbocycles. The maximum atomic E-state index is 12.3. The molecule has 2 fully saturated rings. The van der Waals surface area contributed by atoms with Gasteiger partial charge in [-0.25, -0.2) is 8.42 Å². The van der Waals surface area contributed by atoms with Crippen LogP contribution in [0.25, 0.3) is 0 Å². The van der Waals surface area contributed by atoms with Gasteiger partial charge in [-0.05, 0) is 24.7 Å². The van der Waals surface area contributed by atoms with Crippen molar-refractivity contribution in [1.82, 2.24) is 9.03 Å². The SMILES string of the molecule is CC1CC(C)CN(S(=O)(=O)NC2CCS(=O)(=O)C2)C1. The highest BCUT2D eigenvalue weighted by molar-refractivity contribution is 7.91. The minimum Gasteiger partial charge on any atom is -0.229 e. The summed E-state index contributed by atoms with van der Waals surface area (Å²) in [6.07, 6.45) is 1.41. The van der Waals surface area contributed by atoms with Gasteiger partial charge in [0.2, 0.25) is 0 Å². The molecular weight excluding hydrogens is 288 g/mol. The molecule has 19 heavy (non-hydrogen) atoms. The van der Waals surface area contributed by atoms with Crippen molar-refractivity contribution in [2.45, 2.75) is 32.7 Å². The first-order valence-electron chi connectivity index (χ1n) is 6.66. The summed E-state index contributed by atoms with van der Waals surface area (Å²) in [5.74, 6) is 0.679. The van der Waals surface area contributed by atoms with Gasteiger partial charge in [0, 0.05) is 19.1 Å². The number of nitrogens with zero attached hydrogens (tertiary/aromatic N) is 1. The van der Waals surface area contributed by atoms with Crippen LogP contribution in [0.2, 0.25) is 0 Å². The van der Waals surface area contributed by atoms with Crippen molar-refractivity contribution in [2.24, 2.45) is 11.8 Å². The first kappa shape index (κ1) is 15.2. The lowest BCUT2D eigenvalue weighted by atomic mass is 9.94. The smallest absolute Gasteiger partial charge is 0.229 e. The Morgan fingerprint density at radius 3 is 2.21 bits per heavy atom. The largest absolute Gasteiger partial charge is 0.279 e. The molecule has 0 aromatic heterocycles. The first-order chi connectivity index (χ1) is 8.68. The lowest BCUT2D eigenvalue weighted by molar-refractivity contribution is 0.220. The lowest BCUT2D eigenvalue weighted by Gasteiger charge is -2.34. The maximum Gasteiger partial charge on any atom is 0.279 e. The predicted octanol–water partition coefficient (Wildman–Crippen LogP) is -0.0142. The quantitative estimate of drug-likeness (QED) is 0.794. The van der Waals surface area contributed by atoms with Gasteiger partial charge in [0.05, 0.1) is 11.5 Å². The van der Waals surface area contributed by atoms with Crippen molar-refractivity contribution >= 4 is 20.0 Å². The van der Waals surface area contributed by atoms with Gasteiger partial charge in [-0.2, -0.15) is 17.4 Å². The fraction of sp³-hybridized carbons (Fsp3) is 1.00. The second kappa shape index (κ2) is 5.31. The van der Waals surface area contributed by atoms with E-state index in [2.05, 4.69) is 4.72 Å². The zero-order valence-electron chi connectivity index (χ0n) is 11.4. The van der Waals surface area contributed by atoms with Crippen LogP contribution < -0.4 is 4.72 Å². The number of sulfone groups is 1. The molecule has 3 atom stereocenters. The molecule has 0 spiro atoms. The van der Waals surface area contributed by atoms with Crippen LogP contribution in [0, 0.1) is 11.8 Å². The number of hydrogen-bond acceptors (Lipinski definition) is 4. The third kappa shape index (κ3) is 3.90. The number of nitrogens with one attached hydrogen (secondary N) is 1. The lowest BCUT2D eigenvalue weighted by Crippen LogP contribution is -2.50. The number of piperidine rings is 1. The fourth-order valence-corrected chi connectivity index (χ4v) is 6.43. The second-order valence-electron chi connectivity index (χ2n) is 5.99. The Bertz CT molecular complexity index is 519. The van der Waals surface area contributed by atoms with Gasteiger partial charge in [0.15, 0.2) is 9.84 Å². The molecule has 2 saturated heterocycles. The van der Waals surface area contributed by atoms with Gasteiger partial charge in [-0.1, -0.05) is 13.8 Å². The predicted molar refractivity (Wildman–Crippen MR) is 73.6 cm³/mol. The van der Waals surface area contributed by atoms with Crippen LogP contribution >= 0.6 is 0 Å². The van der Waals surface area contributed by atoms with Crippen LogP contribution in [0.4, 0.5) is 0 Å². The van der Waals surface area contributed by atoms with E-state index >= 15 is 0 Å². The zero-order valence-corrected chi connectivity index (χ0v) is 13.0. The molecule has 6 nitrogen and oxygen atoms in total. The normalized spacial score (nSPS) is 36.4. The first-order valence-corrected chi connectivity index (χ1v) is 9.92. The highest BCUT2D eigenvalue weighted by atomic mass is 32.2. The van der Waals surface area contributed by atoms with Crippen molar-refractivity contribution < 1.29 is 16.8 Å². The van der Waals surface area contributed by atoms with Gasteiger partial charge in [-0.3, -0.25) is 0 Å². The molecule has 2 aliphatic heterocycles. The van der Waals surface area contributed by atoms with Gasteiger partial charge < -0.3 is 0 Å². The highest BCUT2D eigenvalue weighted by Crippen LogP contribution is 2.23. The summed E-state index contributed by atoms with van der Waals surface area (Å²) < 4.78 is 51.2. The molecule has 8 heteroatoms. The van der Waals surface area contributed by atoms with Crippen molar-refractivity contribution in [2.75, 3.05) is 24.6 Å². The Kier molecular flexibility index (Phi) is 4.25. The maximum absolute atomic E-state index is 12.3. The molecule has 0 radical (unpaired) electrons. The summed E-state index contributed by atoms with van der Waals surface area (Å²) in [5.41, 5.74) is 0. The molecule has 0 aromatic carbocycles. The van der Waals surface area contributed by atoms with E-state index in [0.717, 1.165) is 6.42 Å². The van der Waals surface area contributed by atoms with Crippen LogP contribution in [-0.2, 0) is 20.0 Å². The molecule has 0 aromatic rings. The van der Waals surface area contributed by atoms with Crippen molar-refractivity contribution in [3.05, 3.63) is 0 Å². The Hall–Kier alpha value is -0.180. The van der Waals surface area contributed by atoms with Crippen LogP contribution in [-0.4, -0.2) is 51.8 Å². The molecular formula is C11H22N2O4S2. The molecule has 0 saturated carbocycles. The van der Waals surface area contributed by atoms with Crippen molar-refractivity contribution in [3.8, 4) is 0 Å². The van der Waals surface area contributed by atoms with E-state index in [1.807, 2.05) is 13.8 Å². The summed E-state index contributed by atoms with van der Waals surface area (Å²) in [6, 6.07) is -0.470. The van der Waals surface area contributed by atoms with Crippen LogP contribution in [0.1, 0.15) is 26.7 Å². The minimum absolute atomic E-state index is 0.0764. The summed E-state index contributed by atoms with van der Waals surface area (Å²) in [6.45, 7) is 5.11. The van der Waals surface area contributed by atoms with Crippen LogP contribution in [0.3, 0.4) is 0 Å². The summed E-state index contributed by atoms with van der Waals surface area (Å²) in [5, 5.41) is 0. The Labute approximate surface area is 115 Å². The third-order valence-electron chi connectivity index (χ3n) is 3.72. The number of hydrogen-bond donors (Lipinski definition) is 1. The molecule has 2 rings (SSSR count). The zero-order chi connectivity index (χ0) is 14.3. The van der Waals surface area contributed by atoms with Gasteiger partial charge in [0.25, 0.3) is 10.2 Å². The van der Waals surface area contributed by atoms with E-state index in [4.69, 9.17) is 0 Å². The van der Waals surface area contributed by atoms with Gasteiger partial charge in [-0.15, -0.1) is 0 Å². The van der Waals surface area contributed by atoms with Gasteiger partial charge >= 0.3 is 0 Å². The Morgan fingerprint density at radius 1 is 1.16 bits per heavy atom. The standard InChI is InChI=1S/C11H22N2O4S2/c1-9-5-10(2)7-13(6-9)19(16,17)12-11-3-4-18(14,15)8-11/h9-12H,3-8H2,1-2H3. The fourth-order valence-electron chi connectivity index (χ4n) is 2.98. The topological polar surface area (TPSA) is 83.6 Å². The van der Waals surface area contributed by atoms with Crippen LogP contribution in [0.15, 0.2) is 0 Å². The average Bonchev–Trinajstić information content (AvgIpc) is 2.55. The average molecular weight is 310 g/mol. The van der Waals surface area contributed by atoms with E-state index in [1.54, 1.807) is 0 Å². The monoisotopic (exact) mass is 310 g/mol. The molecule has 2 aliphatic rings. The van der Waals surface area contributed by atoms with E-state index in [0.29, 0.717) is 31.3 Å². The van der Waals surface area contributed by atoms with Crippen LogP contribution in [0.5, 0.6) is 0 Å². The molecule has 1 N–H and O–H groups in total. The summed E-state index contributed by atoms with van der Waals surface area (Å²) >= 11 is 0. The molecule has 112 valence electrons. The van der Waals surface area contributed by atoms with Crippen molar-refractivity contribution in [3.63, 3.8) is 0 Å². The highest BCUT2D eigenvalue weighted by Gasteiger charge is 2.35. The second-order valence-corrected chi connectivity index (χ2v) is 9.92. The molecule has 0 bridgehead atoms. The minimum atomic E-state index is -3.56. The van der Waals surface area contributed by atoms with Gasteiger partial charge in [0.1, 0.15) is 0 Å². The summed E-state index contributed by atoms with van der Waals surface area (Å²) in [7, 11) is -6.63. The molecule has 2 heterocycles. The van der Waals surface area contributed by atoms with E-state index < -0.39 is 26.1 Å². The number of rotatable bonds is 3. The van der Waals surface area contributed by atoms with E-state index in [1.165, 1.54) is 4.31 Å². The molecule has 3 unspecified atom stereocenters. The Morgan fingerprint density at radius 2 is 1.74 bits per heavy atom. The molecule has 0 amide bonds.